The smallest absolute Gasteiger partial charge is 0.340 e. The van der Waals surface area contributed by atoms with Crippen LogP contribution in [0.3, 0.4) is 0 Å². The van der Waals surface area contributed by atoms with E-state index in [4.69, 9.17) is 11.6 Å². The molecule has 0 bridgehead atoms. The number of nitrogens with zero attached hydrogens (tertiary/aromatic N) is 1. The van der Waals surface area contributed by atoms with Gasteiger partial charge < -0.3 is 10.1 Å². The normalized spacial score (nSPS) is 10.2. The van der Waals surface area contributed by atoms with E-state index in [0.29, 0.717) is 6.07 Å². The molecule has 0 aliphatic heterocycles. The van der Waals surface area contributed by atoms with E-state index >= 15 is 0 Å². The Labute approximate surface area is 128 Å². The van der Waals surface area contributed by atoms with Gasteiger partial charge in [0, 0.05) is 12.3 Å². The van der Waals surface area contributed by atoms with Gasteiger partial charge in [0.25, 0.3) is 5.91 Å². The summed E-state index contributed by atoms with van der Waals surface area (Å²) in [5.41, 5.74) is -0.879. The summed E-state index contributed by atoms with van der Waals surface area (Å²) in [5, 5.41) is 2.13. The molecule has 0 spiro atoms. The van der Waals surface area contributed by atoms with Gasteiger partial charge in [-0.1, -0.05) is 11.6 Å². The van der Waals surface area contributed by atoms with Crippen molar-refractivity contribution in [2.45, 2.75) is 0 Å². The van der Waals surface area contributed by atoms with Gasteiger partial charge in [-0.15, -0.1) is 0 Å². The molecule has 1 N–H and O–H groups in total. The predicted octanol–water partition coefficient (Wildman–Crippen LogP) is 3.05. The zero-order valence-corrected chi connectivity index (χ0v) is 11.9. The first-order chi connectivity index (χ1) is 10.4. The van der Waals surface area contributed by atoms with E-state index in [1.54, 1.807) is 0 Å². The molecule has 0 saturated heterocycles. The van der Waals surface area contributed by atoms with Crippen LogP contribution in [0.15, 0.2) is 30.5 Å². The number of hydrogen-bond donors (Lipinski definition) is 1. The van der Waals surface area contributed by atoms with E-state index in [2.05, 4.69) is 15.0 Å². The summed E-state index contributed by atoms with van der Waals surface area (Å²) in [6.45, 7) is 0. The maximum Gasteiger partial charge on any atom is 0.340 e. The Kier molecular flexibility index (Phi) is 4.67. The molecule has 0 unspecified atom stereocenters. The van der Waals surface area contributed by atoms with Crippen LogP contribution < -0.4 is 5.32 Å². The second kappa shape index (κ2) is 6.48. The van der Waals surface area contributed by atoms with Crippen molar-refractivity contribution in [1.29, 1.82) is 0 Å². The number of halogens is 3. The molecule has 1 aromatic heterocycles. The molecule has 0 atom stereocenters. The van der Waals surface area contributed by atoms with Crippen molar-refractivity contribution in [2.75, 3.05) is 12.4 Å². The van der Waals surface area contributed by atoms with Gasteiger partial charge in [-0.3, -0.25) is 4.79 Å². The molecule has 0 radical (unpaired) electrons. The number of rotatable bonds is 3. The van der Waals surface area contributed by atoms with Gasteiger partial charge >= 0.3 is 5.97 Å². The lowest BCUT2D eigenvalue weighted by Gasteiger charge is -2.09. The number of esters is 1. The average Bonchev–Trinajstić information content (AvgIpc) is 2.49. The fourth-order valence-corrected chi connectivity index (χ4v) is 1.86. The number of methoxy groups -OCH3 is 1. The van der Waals surface area contributed by atoms with Crippen molar-refractivity contribution in [3.63, 3.8) is 0 Å². The number of carbonyl (C=O) groups excluding carboxylic acids is 2. The van der Waals surface area contributed by atoms with Crippen LogP contribution in [-0.2, 0) is 4.74 Å². The number of aromatic nitrogens is 1. The molecule has 114 valence electrons. The van der Waals surface area contributed by atoms with Gasteiger partial charge in [0.05, 0.1) is 23.9 Å². The zero-order valence-electron chi connectivity index (χ0n) is 11.2. The SMILES string of the molecule is COC(=O)c1cc(NC(=O)c2cccnc2Cl)c(F)cc1F. The molecule has 2 rings (SSSR count). The molecule has 0 fully saturated rings. The molecular weight excluding hydrogens is 318 g/mol. The summed E-state index contributed by atoms with van der Waals surface area (Å²) in [6, 6.07) is 4.18. The number of benzene rings is 1. The van der Waals surface area contributed by atoms with Crippen LogP contribution in [0.4, 0.5) is 14.5 Å². The number of anilines is 1. The van der Waals surface area contributed by atoms with Crippen LogP contribution in [0, 0.1) is 11.6 Å². The summed E-state index contributed by atoms with van der Waals surface area (Å²) < 4.78 is 31.6. The lowest BCUT2D eigenvalue weighted by atomic mass is 10.1. The minimum atomic E-state index is -1.10. The van der Waals surface area contributed by atoms with E-state index in [1.807, 2.05) is 0 Å². The van der Waals surface area contributed by atoms with Crippen LogP contribution in [-0.4, -0.2) is 24.0 Å². The third-order valence-corrected chi connectivity index (χ3v) is 3.02. The molecule has 0 aliphatic carbocycles. The van der Waals surface area contributed by atoms with Crippen LogP contribution in [0.5, 0.6) is 0 Å². The summed E-state index contributed by atoms with van der Waals surface area (Å²) in [5.74, 6) is -3.88. The van der Waals surface area contributed by atoms with Crippen LogP contribution in [0.1, 0.15) is 20.7 Å². The minimum absolute atomic E-state index is 0.00695. The number of carbonyl (C=O) groups is 2. The summed E-state index contributed by atoms with van der Waals surface area (Å²) in [7, 11) is 1.05. The van der Waals surface area contributed by atoms with Crippen LogP contribution in [0.2, 0.25) is 5.15 Å². The molecular formula is C14H9ClF2N2O3. The Morgan fingerprint density at radius 2 is 1.95 bits per heavy atom. The zero-order chi connectivity index (χ0) is 16.3. The minimum Gasteiger partial charge on any atom is -0.465 e. The van der Waals surface area contributed by atoms with Crippen molar-refractivity contribution in [2.24, 2.45) is 0 Å². The first-order valence-corrected chi connectivity index (χ1v) is 6.31. The van der Waals surface area contributed by atoms with Crippen LogP contribution >= 0.6 is 11.6 Å². The Bertz CT molecular complexity index is 753. The van der Waals surface area contributed by atoms with Gasteiger partial charge in [0.2, 0.25) is 0 Å². The molecule has 1 aromatic carbocycles. The number of amides is 1. The monoisotopic (exact) mass is 326 g/mol. The Hall–Kier alpha value is -2.54. The van der Waals surface area contributed by atoms with E-state index in [1.165, 1.54) is 18.3 Å². The lowest BCUT2D eigenvalue weighted by Crippen LogP contribution is -2.15. The third-order valence-electron chi connectivity index (χ3n) is 2.71. The number of pyridine rings is 1. The van der Waals surface area contributed by atoms with Crippen molar-refractivity contribution in [3.8, 4) is 0 Å². The maximum absolute atomic E-state index is 13.7. The Balaban J connectivity index is 2.35. The van der Waals surface area contributed by atoms with E-state index in [0.717, 1.165) is 13.2 Å². The van der Waals surface area contributed by atoms with Gasteiger partial charge in [-0.25, -0.2) is 18.6 Å². The second-order valence-electron chi connectivity index (χ2n) is 4.10. The fraction of sp³-hybridized carbons (Fsp3) is 0.0714. The lowest BCUT2D eigenvalue weighted by molar-refractivity contribution is 0.0595. The van der Waals surface area contributed by atoms with Crippen molar-refractivity contribution in [3.05, 3.63) is 58.4 Å². The van der Waals surface area contributed by atoms with Gasteiger partial charge in [-0.05, 0) is 18.2 Å². The Morgan fingerprint density at radius 1 is 1.23 bits per heavy atom. The van der Waals surface area contributed by atoms with Crippen molar-refractivity contribution >= 4 is 29.2 Å². The largest absolute Gasteiger partial charge is 0.465 e. The standard InChI is InChI=1S/C14H9ClF2N2O3/c1-22-14(21)8-5-11(10(17)6-9(8)16)19-13(20)7-3-2-4-18-12(7)15/h2-6H,1H3,(H,19,20). The predicted molar refractivity (Wildman–Crippen MR) is 74.9 cm³/mol. The summed E-state index contributed by atoms with van der Waals surface area (Å²) in [4.78, 5) is 27.1. The van der Waals surface area contributed by atoms with Gasteiger partial charge in [0.1, 0.15) is 16.8 Å². The summed E-state index contributed by atoms with van der Waals surface area (Å²) in [6.07, 6.45) is 1.38. The molecule has 2 aromatic rings. The first kappa shape index (κ1) is 15.8. The highest BCUT2D eigenvalue weighted by atomic mass is 35.5. The third kappa shape index (κ3) is 3.20. The van der Waals surface area contributed by atoms with E-state index < -0.39 is 29.1 Å². The highest BCUT2D eigenvalue weighted by molar-refractivity contribution is 6.33. The highest BCUT2D eigenvalue weighted by Crippen LogP contribution is 2.22. The average molecular weight is 327 g/mol. The fourth-order valence-electron chi connectivity index (χ4n) is 1.66. The number of ether oxygens (including phenoxy) is 1. The molecule has 5 nitrogen and oxygen atoms in total. The summed E-state index contributed by atoms with van der Waals surface area (Å²) >= 11 is 5.75. The topological polar surface area (TPSA) is 68.3 Å². The molecule has 1 heterocycles. The highest BCUT2D eigenvalue weighted by Gasteiger charge is 2.19. The number of nitrogens with one attached hydrogen (secondary N) is 1. The molecule has 0 aliphatic rings. The molecule has 8 heteroatoms. The molecule has 1 amide bonds. The maximum atomic E-state index is 13.7. The van der Waals surface area contributed by atoms with Crippen LogP contribution in [0.25, 0.3) is 0 Å². The molecule has 22 heavy (non-hydrogen) atoms. The van der Waals surface area contributed by atoms with E-state index in [9.17, 15) is 18.4 Å². The molecule has 0 saturated carbocycles. The second-order valence-corrected chi connectivity index (χ2v) is 4.46. The number of hydrogen-bond acceptors (Lipinski definition) is 4. The van der Waals surface area contributed by atoms with Gasteiger partial charge in [-0.2, -0.15) is 0 Å². The Morgan fingerprint density at radius 3 is 2.59 bits per heavy atom. The van der Waals surface area contributed by atoms with Gasteiger partial charge in [0.15, 0.2) is 0 Å². The first-order valence-electron chi connectivity index (χ1n) is 5.93. The van der Waals surface area contributed by atoms with E-state index in [-0.39, 0.29) is 16.4 Å². The van der Waals surface area contributed by atoms with Crippen molar-refractivity contribution < 1.29 is 23.1 Å². The van der Waals surface area contributed by atoms with Crippen molar-refractivity contribution in [1.82, 2.24) is 4.98 Å². The quantitative estimate of drug-likeness (QED) is 0.695.